The summed E-state index contributed by atoms with van der Waals surface area (Å²) in [5.74, 6) is 1.28. The summed E-state index contributed by atoms with van der Waals surface area (Å²) < 4.78 is 0. The number of likely N-dealkylation sites (tertiary alicyclic amines) is 2. The molecular weight excluding hydrogens is 212 g/mol. The molecule has 2 fully saturated rings. The third kappa shape index (κ3) is 2.65. The van der Waals surface area contributed by atoms with Gasteiger partial charge in [-0.3, -0.25) is 9.69 Å². The molecule has 3 nitrogen and oxygen atoms in total. The van der Waals surface area contributed by atoms with Gasteiger partial charge in [-0.15, -0.1) is 0 Å². The van der Waals surface area contributed by atoms with Crippen LogP contribution in [-0.4, -0.2) is 47.4 Å². The van der Waals surface area contributed by atoms with Crippen LogP contribution in [0.3, 0.4) is 0 Å². The number of carbonyl (C=O) groups excluding carboxylic acids is 1. The Bertz CT molecular complexity index is 288. The number of fused-ring (bicyclic) bond motifs is 2. The van der Waals surface area contributed by atoms with Gasteiger partial charge in [-0.25, -0.2) is 0 Å². The van der Waals surface area contributed by atoms with Gasteiger partial charge < -0.3 is 4.90 Å². The van der Waals surface area contributed by atoms with Crippen molar-refractivity contribution in [2.45, 2.75) is 52.6 Å². The van der Waals surface area contributed by atoms with Crippen molar-refractivity contribution in [3.63, 3.8) is 0 Å². The zero-order valence-corrected chi connectivity index (χ0v) is 11.6. The summed E-state index contributed by atoms with van der Waals surface area (Å²) in [6.07, 6.45) is 2.48. The molecule has 2 aliphatic rings. The maximum Gasteiger partial charge on any atom is 0.225 e. The van der Waals surface area contributed by atoms with Gasteiger partial charge in [0.2, 0.25) is 5.91 Å². The molecule has 0 spiro atoms. The van der Waals surface area contributed by atoms with Crippen LogP contribution < -0.4 is 0 Å². The quantitative estimate of drug-likeness (QED) is 0.747. The molecule has 98 valence electrons. The van der Waals surface area contributed by atoms with E-state index in [0.717, 1.165) is 19.0 Å². The van der Waals surface area contributed by atoms with E-state index in [2.05, 4.69) is 23.6 Å². The van der Waals surface area contributed by atoms with Crippen LogP contribution in [0.4, 0.5) is 0 Å². The van der Waals surface area contributed by atoms with Crippen molar-refractivity contribution in [1.82, 2.24) is 9.80 Å². The van der Waals surface area contributed by atoms with E-state index in [9.17, 15) is 4.79 Å². The van der Waals surface area contributed by atoms with Gasteiger partial charge in [0.15, 0.2) is 0 Å². The smallest absolute Gasteiger partial charge is 0.225 e. The number of piperazine rings is 1. The van der Waals surface area contributed by atoms with Crippen molar-refractivity contribution in [3.8, 4) is 0 Å². The van der Waals surface area contributed by atoms with Crippen molar-refractivity contribution in [2.24, 2.45) is 11.8 Å². The first kappa shape index (κ1) is 12.9. The van der Waals surface area contributed by atoms with Crippen molar-refractivity contribution in [2.75, 3.05) is 19.6 Å². The van der Waals surface area contributed by atoms with E-state index >= 15 is 0 Å². The fourth-order valence-electron chi connectivity index (χ4n) is 3.05. The van der Waals surface area contributed by atoms with E-state index in [0.29, 0.717) is 18.0 Å². The average molecular weight is 238 g/mol. The number of nitrogens with zero attached hydrogens (tertiary/aromatic N) is 2. The van der Waals surface area contributed by atoms with Crippen molar-refractivity contribution >= 4 is 5.91 Å². The molecule has 0 aromatic heterocycles. The Kier molecular flexibility index (Phi) is 3.76. The minimum absolute atomic E-state index is 0.151. The minimum Gasteiger partial charge on any atom is -0.337 e. The van der Waals surface area contributed by atoms with Crippen molar-refractivity contribution in [3.05, 3.63) is 0 Å². The Balaban J connectivity index is 1.85. The predicted molar refractivity (Wildman–Crippen MR) is 69.8 cm³/mol. The summed E-state index contributed by atoms with van der Waals surface area (Å²) in [7, 11) is 0. The van der Waals surface area contributed by atoms with Crippen LogP contribution in [0.25, 0.3) is 0 Å². The van der Waals surface area contributed by atoms with Crippen LogP contribution in [0.1, 0.15) is 40.5 Å². The summed E-state index contributed by atoms with van der Waals surface area (Å²) in [5.41, 5.74) is 0. The molecule has 2 saturated heterocycles. The first-order chi connectivity index (χ1) is 7.99. The van der Waals surface area contributed by atoms with Gasteiger partial charge in [-0.05, 0) is 25.3 Å². The molecule has 0 aromatic rings. The normalized spacial score (nSPS) is 28.7. The molecule has 0 saturated carbocycles. The largest absolute Gasteiger partial charge is 0.337 e. The maximum atomic E-state index is 12.0. The van der Waals surface area contributed by atoms with Crippen LogP contribution in [0.15, 0.2) is 0 Å². The molecule has 17 heavy (non-hydrogen) atoms. The van der Waals surface area contributed by atoms with E-state index in [-0.39, 0.29) is 5.92 Å². The lowest BCUT2D eigenvalue weighted by Crippen LogP contribution is -2.50. The fraction of sp³-hybridized carbons (Fsp3) is 0.929. The van der Waals surface area contributed by atoms with E-state index in [4.69, 9.17) is 0 Å². The Morgan fingerprint density at radius 1 is 1.18 bits per heavy atom. The lowest BCUT2D eigenvalue weighted by Gasteiger charge is -2.35. The van der Waals surface area contributed by atoms with E-state index in [1.807, 2.05) is 13.8 Å². The summed E-state index contributed by atoms with van der Waals surface area (Å²) in [4.78, 5) is 16.7. The monoisotopic (exact) mass is 238 g/mol. The number of amides is 1. The zero-order valence-electron chi connectivity index (χ0n) is 11.6. The molecular formula is C14H26N2O. The summed E-state index contributed by atoms with van der Waals surface area (Å²) in [6, 6.07) is 1.14. The highest BCUT2D eigenvalue weighted by molar-refractivity contribution is 5.79. The van der Waals surface area contributed by atoms with Gasteiger partial charge in [0, 0.05) is 31.1 Å². The minimum atomic E-state index is 0.151. The van der Waals surface area contributed by atoms with Gasteiger partial charge in [0.25, 0.3) is 0 Å². The second kappa shape index (κ2) is 4.97. The lowest BCUT2D eigenvalue weighted by atomic mass is 10.1. The van der Waals surface area contributed by atoms with Gasteiger partial charge in [0.1, 0.15) is 0 Å². The molecule has 2 atom stereocenters. The van der Waals surface area contributed by atoms with E-state index in [1.54, 1.807) is 0 Å². The number of rotatable bonds is 4. The Hall–Kier alpha value is -0.570. The molecule has 0 radical (unpaired) electrons. The molecule has 3 heteroatoms. The highest BCUT2D eigenvalue weighted by Crippen LogP contribution is 2.31. The molecule has 2 bridgehead atoms. The van der Waals surface area contributed by atoms with Gasteiger partial charge in [0.05, 0.1) is 0 Å². The van der Waals surface area contributed by atoms with Crippen LogP contribution >= 0.6 is 0 Å². The molecule has 2 aliphatic heterocycles. The first-order valence-corrected chi connectivity index (χ1v) is 7.03. The third-order valence-electron chi connectivity index (χ3n) is 4.12. The third-order valence-corrected chi connectivity index (χ3v) is 4.12. The first-order valence-electron chi connectivity index (χ1n) is 7.03. The predicted octanol–water partition coefficient (Wildman–Crippen LogP) is 1.97. The van der Waals surface area contributed by atoms with Crippen LogP contribution in [0.2, 0.25) is 0 Å². The SMILES string of the molecule is CC(C)CCN1C[C@@H]2C[C@H]1CN2C(=O)C(C)C. The molecule has 1 amide bonds. The van der Waals surface area contributed by atoms with Crippen LogP contribution in [-0.2, 0) is 4.79 Å². The second-order valence-corrected chi connectivity index (χ2v) is 6.37. The molecule has 2 rings (SSSR count). The second-order valence-electron chi connectivity index (χ2n) is 6.37. The molecule has 0 aromatic carbocycles. The molecule has 0 unspecified atom stereocenters. The number of hydrogen-bond acceptors (Lipinski definition) is 2. The highest BCUT2D eigenvalue weighted by atomic mass is 16.2. The Labute approximate surface area is 105 Å². The standard InChI is InChI=1S/C14H26N2O/c1-10(2)5-6-15-8-13-7-12(15)9-16(13)14(17)11(3)4/h10-13H,5-9H2,1-4H3/t12-,13-/m0/s1. The lowest BCUT2D eigenvalue weighted by molar-refractivity contribution is -0.136. The Morgan fingerprint density at radius 3 is 2.35 bits per heavy atom. The molecule has 0 N–H and O–H groups in total. The fourth-order valence-corrected chi connectivity index (χ4v) is 3.05. The average Bonchev–Trinajstić information content (AvgIpc) is 2.83. The number of carbonyl (C=O) groups is 1. The van der Waals surface area contributed by atoms with Gasteiger partial charge in [-0.2, -0.15) is 0 Å². The van der Waals surface area contributed by atoms with Gasteiger partial charge >= 0.3 is 0 Å². The number of hydrogen-bond donors (Lipinski definition) is 0. The molecule has 2 heterocycles. The Morgan fingerprint density at radius 2 is 1.88 bits per heavy atom. The zero-order chi connectivity index (χ0) is 12.6. The molecule has 0 aliphatic carbocycles. The van der Waals surface area contributed by atoms with Crippen molar-refractivity contribution < 1.29 is 4.79 Å². The topological polar surface area (TPSA) is 23.6 Å². The van der Waals surface area contributed by atoms with E-state index in [1.165, 1.54) is 19.4 Å². The van der Waals surface area contributed by atoms with Crippen LogP contribution in [0.5, 0.6) is 0 Å². The van der Waals surface area contributed by atoms with Crippen molar-refractivity contribution in [1.29, 1.82) is 0 Å². The summed E-state index contributed by atoms with van der Waals surface area (Å²) >= 11 is 0. The summed E-state index contributed by atoms with van der Waals surface area (Å²) in [5, 5.41) is 0. The maximum absolute atomic E-state index is 12.0. The van der Waals surface area contributed by atoms with Gasteiger partial charge in [-0.1, -0.05) is 27.7 Å². The van der Waals surface area contributed by atoms with Crippen LogP contribution in [0, 0.1) is 11.8 Å². The highest BCUT2D eigenvalue weighted by Gasteiger charge is 2.44. The summed E-state index contributed by atoms with van der Waals surface area (Å²) in [6.45, 7) is 11.9. The van der Waals surface area contributed by atoms with E-state index < -0.39 is 0 Å².